The second kappa shape index (κ2) is 8.12. The zero-order valence-electron chi connectivity index (χ0n) is 13.2. The number of hydrogen-bond acceptors (Lipinski definition) is 6. The number of carbonyl (C=O) groups excluding carboxylic acids is 2. The Kier molecular flexibility index (Phi) is 5.91. The van der Waals surface area contributed by atoms with Crippen LogP contribution in [0.2, 0.25) is 0 Å². The summed E-state index contributed by atoms with van der Waals surface area (Å²) < 4.78 is 14.9. The van der Waals surface area contributed by atoms with Gasteiger partial charge in [0.25, 0.3) is 0 Å². The molecule has 2 rings (SSSR count). The molecule has 23 heavy (non-hydrogen) atoms. The first kappa shape index (κ1) is 16.7. The molecule has 0 radical (unpaired) electrons. The van der Waals surface area contributed by atoms with Crippen LogP contribution in [0.4, 0.5) is 0 Å². The van der Waals surface area contributed by atoms with Crippen molar-refractivity contribution in [1.82, 2.24) is 5.16 Å². The van der Waals surface area contributed by atoms with Crippen molar-refractivity contribution in [3.05, 3.63) is 52.9 Å². The molecule has 1 heterocycles. The lowest BCUT2D eigenvalue weighted by Gasteiger charge is -2.04. The van der Waals surface area contributed by atoms with Crippen LogP contribution in [0.15, 0.2) is 34.9 Å². The van der Waals surface area contributed by atoms with Gasteiger partial charge in [-0.2, -0.15) is 0 Å². The molecule has 6 nitrogen and oxygen atoms in total. The Morgan fingerprint density at radius 3 is 2.57 bits per heavy atom. The number of rotatable bonds is 7. The van der Waals surface area contributed by atoms with Crippen LogP contribution >= 0.6 is 0 Å². The van der Waals surface area contributed by atoms with E-state index in [-0.39, 0.29) is 18.7 Å². The summed E-state index contributed by atoms with van der Waals surface area (Å²) in [5.74, 6) is -0.553. The van der Waals surface area contributed by atoms with E-state index in [4.69, 9.17) is 9.26 Å². The van der Waals surface area contributed by atoms with Crippen molar-refractivity contribution in [2.75, 3.05) is 13.7 Å². The highest BCUT2D eigenvalue weighted by molar-refractivity contribution is 5.90. The van der Waals surface area contributed by atoms with E-state index in [2.05, 4.69) is 9.89 Å². The van der Waals surface area contributed by atoms with Gasteiger partial charge in [-0.25, -0.2) is 4.79 Å². The molecule has 1 aromatic carbocycles. The Bertz CT molecular complexity index is 663. The van der Waals surface area contributed by atoms with E-state index in [0.717, 1.165) is 5.56 Å². The number of hydrogen-bond donors (Lipinski definition) is 0. The molecule has 0 fully saturated rings. The Morgan fingerprint density at radius 2 is 1.91 bits per heavy atom. The maximum atomic E-state index is 11.9. The smallest absolute Gasteiger partial charge is 0.360 e. The van der Waals surface area contributed by atoms with Crippen molar-refractivity contribution in [2.45, 2.75) is 26.2 Å². The predicted molar refractivity (Wildman–Crippen MR) is 82.0 cm³/mol. The third-order valence-corrected chi connectivity index (χ3v) is 3.37. The molecule has 6 heteroatoms. The molecule has 122 valence electrons. The first-order valence-electron chi connectivity index (χ1n) is 7.41. The number of carbonyl (C=O) groups is 2. The van der Waals surface area contributed by atoms with Crippen molar-refractivity contribution in [1.29, 1.82) is 0 Å². The number of ether oxygens (including phenoxy) is 2. The monoisotopic (exact) mass is 317 g/mol. The largest absolute Gasteiger partial charge is 0.469 e. The van der Waals surface area contributed by atoms with E-state index < -0.39 is 11.9 Å². The maximum Gasteiger partial charge on any atom is 0.360 e. The Labute approximate surface area is 134 Å². The first-order valence-corrected chi connectivity index (χ1v) is 7.41. The Balaban J connectivity index is 2.20. The van der Waals surface area contributed by atoms with E-state index >= 15 is 0 Å². The molecule has 0 saturated carbocycles. The summed E-state index contributed by atoms with van der Waals surface area (Å²) in [6.07, 6.45) is 1.17. The standard InChI is InChI=1S/C17H19NO5/c1-3-22-17(20)16-13(11-15(19)21-2)14(23-18-16)10-9-12-7-5-4-6-8-12/h4-8H,3,9-11H2,1-2H3. The van der Waals surface area contributed by atoms with Crippen LogP contribution in [0.5, 0.6) is 0 Å². The topological polar surface area (TPSA) is 78.6 Å². The van der Waals surface area contributed by atoms with Crippen molar-refractivity contribution in [3.8, 4) is 0 Å². The summed E-state index contributed by atoms with van der Waals surface area (Å²) in [6, 6.07) is 9.86. The predicted octanol–water partition coefficient (Wildman–Crippen LogP) is 2.35. The fourth-order valence-corrected chi connectivity index (χ4v) is 2.20. The van der Waals surface area contributed by atoms with Crippen LogP contribution in [0.1, 0.15) is 34.3 Å². The highest BCUT2D eigenvalue weighted by Gasteiger charge is 2.25. The zero-order chi connectivity index (χ0) is 16.7. The van der Waals surface area contributed by atoms with Crippen LogP contribution < -0.4 is 0 Å². The van der Waals surface area contributed by atoms with E-state index in [9.17, 15) is 9.59 Å². The second-order valence-electron chi connectivity index (χ2n) is 4.89. The molecule has 0 aliphatic rings. The van der Waals surface area contributed by atoms with Gasteiger partial charge in [-0.1, -0.05) is 35.5 Å². The minimum Gasteiger partial charge on any atom is -0.469 e. The van der Waals surface area contributed by atoms with Gasteiger partial charge in [0.1, 0.15) is 5.76 Å². The number of nitrogens with zero attached hydrogens (tertiary/aromatic N) is 1. The number of aryl methyl sites for hydroxylation is 2. The van der Waals surface area contributed by atoms with Gasteiger partial charge < -0.3 is 14.0 Å². The molecule has 0 atom stereocenters. The van der Waals surface area contributed by atoms with Crippen LogP contribution in [0.25, 0.3) is 0 Å². The molecule has 0 spiro atoms. The number of benzene rings is 1. The molecule has 0 aliphatic heterocycles. The Morgan fingerprint density at radius 1 is 1.17 bits per heavy atom. The molecule has 0 unspecified atom stereocenters. The van der Waals surface area contributed by atoms with Crippen LogP contribution in [0, 0.1) is 0 Å². The third-order valence-electron chi connectivity index (χ3n) is 3.37. The van der Waals surface area contributed by atoms with Gasteiger partial charge >= 0.3 is 11.9 Å². The minimum atomic E-state index is -0.596. The summed E-state index contributed by atoms with van der Waals surface area (Å²) in [6.45, 7) is 1.93. The van der Waals surface area contributed by atoms with Gasteiger partial charge in [0, 0.05) is 12.0 Å². The minimum absolute atomic E-state index is 0.0420. The molecule has 2 aromatic rings. The van der Waals surface area contributed by atoms with Crippen LogP contribution in [0.3, 0.4) is 0 Å². The van der Waals surface area contributed by atoms with Crippen LogP contribution in [-0.4, -0.2) is 30.8 Å². The van der Waals surface area contributed by atoms with Crippen molar-refractivity contribution in [2.24, 2.45) is 0 Å². The van der Waals surface area contributed by atoms with Crippen molar-refractivity contribution in [3.63, 3.8) is 0 Å². The SMILES string of the molecule is CCOC(=O)c1noc(CCc2ccccc2)c1CC(=O)OC. The normalized spacial score (nSPS) is 10.3. The van der Waals surface area contributed by atoms with E-state index in [1.165, 1.54) is 7.11 Å². The molecule has 0 bridgehead atoms. The molecular weight excluding hydrogens is 298 g/mol. The molecular formula is C17H19NO5. The number of aromatic nitrogens is 1. The van der Waals surface area contributed by atoms with E-state index in [1.54, 1.807) is 6.92 Å². The summed E-state index contributed by atoms with van der Waals surface area (Å²) in [5.41, 5.74) is 1.61. The number of esters is 2. The molecule has 0 N–H and O–H groups in total. The molecule has 0 aliphatic carbocycles. The quantitative estimate of drug-likeness (QED) is 0.729. The van der Waals surface area contributed by atoms with Gasteiger partial charge in [-0.15, -0.1) is 0 Å². The lowest BCUT2D eigenvalue weighted by atomic mass is 10.0. The maximum absolute atomic E-state index is 11.9. The average Bonchev–Trinajstić information content (AvgIpc) is 2.96. The molecule has 0 amide bonds. The summed E-state index contributed by atoms with van der Waals surface area (Å²) >= 11 is 0. The third kappa shape index (κ3) is 4.42. The van der Waals surface area contributed by atoms with E-state index in [0.29, 0.717) is 24.2 Å². The molecule has 1 aromatic heterocycles. The zero-order valence-corrected chi connectivity index (χ0v) is 13.2. The fraction of sp³-hybridized carbons (Fsp3) is 0.353. The van der Waals surface area contributed by atoms with Gasteiger partial charge in [0.2, 0.25) is 0 Å². The van der Waals surface area contributed by atoms with E-state index in [1.807, 2.05) is 30.3 Å². The van der Waals surface area contributed by atoms with Crippen molar-refractivity contribution < 1.29 is 23.6 Å². The lowest BCUT2D eigenvalue weighted by molar-refractivity contribution is -0.139. The highest BCUT2D eigenvalue weighted by atomic mass is 16.5. The average molecular weight is 317 g/mol. The lowest BCUT2D eigenvalue weighted by Crippen LogP contribution is -2.13. The van der Waals surface area contributed by atoms with Gasteiger partial charge in [-0.3, -0.25) is 4.79 Å². The van der Waals surface area contributed by atoms with Gasteiger partial charge in [0.15, 0.2) is 5.69 Å². The fourth-order valence-electron chi connectivity index (χ4n) is 2.20. The Hall–Kier alpha value is -2.63. The molecule has 0 saturated heterocycles. The van der Waals surface area contributed by atoms with Crippen LogP contribution in [-0.2, 0) is 33.5 Å². The highest BCUT2D eigenvalue weighted by Crippen LogP contribution is 2.19. The summed E-state index contributed by atoms with van der Waals surface area (Å²) in [5, 5.41) is 3.78. The van der Waals surface area contributed by atoms with Gasteiger partial charge in [-0.05, 0) is 18.9 Å². The second-order valence-corrected chi connectivity index (χ2v) is 4.89. The summed E-state index contributed by atoms with van der Waals surface area (Å²) in [7, 11) is 1.30. The first-order chi connectivity index (χ1) is 11.2. The summed E-state index contributed by atoms with van der Waals surface area (Å²) in [4.78, 5) is 23.5. The number of methoxy groups -OCH3 is 1. The van der Waals surface area contributed by atoms with Crippen molar-refractivity contribution >= 4 is 11.9 Å². The van der Waals surface area contributed by atoms with Gasteiger partial charge in [0.05, 0.1) is 20.1 Å².